The molecular formula is C22H24BrCl2N2O5P. The molecule has 1 saturated heterocycles. The minimum absolute atomic E-state index is 0.205. The molecule has 0 saturated carbocycles. The van der Waals surface area contributed by atoms with Crippen LogP contribution in [0.3, 0.4) is 0 Å². The number of halogens is 3. The smallest absolute Gasteiger partial charge is 0.324 e. The molecule has 1 aliphatic heterocycles. The van der Waals surface area contributed by atoms with Crippen LogP contribution < -0.4 is 4.90 Å². The third-order valence-corrected chi connectivity index (χ3v) is 7.44. The highest BCUT2D eigenvalue weighted by molar-refractivity contribution is 9.10. The van der Waals surface area contributed by atoms with Gasteiger partial charge in [-0.3, -0.25) is 9.36 Å². The number of hydrogen-bond acceptors (Lipinski definition) is 3. The van der Waals surface area contributed by atoms with Gasteiger partial charge in [-0.25, -0.2) is 9.69 Å². The van der Waals surface area contributed by atoms with Crippen LogP contribution in [0.25, 0.3) is 0 Å². The Morgan fingerprint density at radius 1 is 1.00 bits per heavy atom. The highest BCUT2D eigenvalue weighted by Gasteiger charge is 2.54. The number of carbonyl (C=O) groups excluding carboxylic acids is 2. The van der Waals surface area contributed by atoms with Crippen LogP contribution in [0.15, 0.2) is 46.9 Å². The van der Waals surface area contributed by atoms with E-state index >= 15 is 0 Å². The minimum Gasteiger partial charge on any atom is -0.324 e. The number of hydrogen-bond donors (Lipinski definition) is 2. The van der Waals surface area contributed by atoms with E-state index in [1.165, 1.54) is 23.1 Å². The predicted octanol–water partition coefficient (Wildman–Crippen LogP) is 5.87. The van der Waals surface area contributed by atoms with Crippen molar-refractivity contribution in [1.29, 1.82) is 0 Å². The molecule has 0 bridgehead atoms. The fourth-order valence-electron chi connectivity index (χ4n) is 3.95. The molecule has 1 heterocycles. The standard InChI is InChI=1S/C22H24BrCl2N2O5P/c1-22(14-15-5-7-16(23)8-6-15)20(28)27(19-12-17(24)11-18(25)13-19)21(29)26(22)9-3-2-4-10-33(30,31)32/h5-8,11-13H,2-4,9-10,14H2,1H3,(H2,30,31,32)/t22-/m1/s1. The van der Waals surface area contributed by atoms with Gasteiger partial charge in [0.1, 0.15) is 5.54 Å². The second kappa shape index (κ2) is 10.5. The van der Waals surface area contributed by atoms with Crippen LogP contribution in [0.4, 0.5) is 10.5 Å². The van der Waals surface area contributed by atoms with E-state index in [4.69, 9.17) is 33.0 Å². The van der Waals surface area contributed by atoms with E-state index in [0.717, 1.165) is 14.9 Å². The maximum Gasteiger partial charge on any atom is 0.332 e. The molecule has 33 heavy (non-hydrogen) atoms. The molecule has 11 heteroatoms. The lowest BCUT2D eigenvalue weighted by atomic mass is 9.91. The van der Waals surface area contributed by atoms with Crippen LogP contribution in [-0.2, 0) is 15.8 Å². The lowest BCUT2D eigenvalue weighted by Gasteiger charge is -2.32. The van der Waals surface area contributed by atoms with E-state index in [1.54, 1.807) is 6.92 Å². The van der Waals surface area contributed by atoms with E-state index in [9.17, 15) is 14.2 Å². The van der Waals surface area contributed by atoms with Crippen LogP contribution in [0.2, 0.25) is 10.0 Å². The average molecular weight is 578 g/mol. The van der Waals surface area contributed by atoms with Crippen molar-refractivity contribution in [2.45, 2.75) is 38.1 Å². The molecule has 0 aromatic heterocycles. The molecule has 3 amide bonds. The molecule has 2 N–H and O–H groups in total. The monoisotopic (exact) mass is 576 g/mol. The summed E-state index contributed by atoms with van der Waals surface area (Å²) in [5, 5.41) is 0.618. The fourth-order valence-corrected chi connectivity index (χ4v) is 5.36. The highest BCUT2D eigenvalue weighted by atomic mass is 79.9. The van der Waals surface area contributed by atoms with Gasteiger partial charge in [-0.1, -0.05) is 57.7 Å². The molecule has 0 spiro atoms. The maximum atomic E-state index is 13.6. The molecule has 178 valence electrons. The third-order valence-electron chi connectivity index (χ3n) is 5.58. The van der Waals surface area contributed by atoms with Gasteiger partial charge in [-0.2, -0.15) is 0 Å². The lowest BCUT2D eigenvalue weighted by Crippen LogP contribution is -2.49. The summed E-state index contributed by atoms with van der Waals surface area (Å²) >= 11 is 15.6. The zero-order valence-corrected chi connectivity index (χ0v) is 21.9. The molecule has 0 radical (unpaired) electrons. The Kier molecular flexibility index (Phi) is 8.31. The second-order valence-electron chi connectivity index (χ2n) is 8.23. The van der Waals surface area contributed by atoms with Crippen LogP contribution in [0.5, 0.6) is 0 Å². The molecular weight excluding hydrogens is 554 g/mol. The fraction of sp³-hybridized carbons (Fsp3) is 0.364. The number of imide groups is 1. The molecule has 2 aromatic rings. The third kappa shape index (κ3) is 6.38. The Labute approximate surface area is 211 Å². The van der Waals surface area contributed by atoms with E-state index < -0.39 is 19.2 Å². The Hall–Kier alpha value is -1.41. The number of benzene rings is 2. The first-order valence-electron chi connectivity index (χ1n) is 10.3. The number of rotatable bonds is 9. The van der Waals surface area contributed by atoms with Gasteiger partial charge in [0.25, 0.3) is 5.91 Å². The normalized spacial score (nSPS) is 19.0. The van der Waals surface area contributed by atoms with E-state index in [1.807, 2.05) is 24.3 Å². The Balaban J connectivity index is 1.88. The van der Waals surface area contributed by atoms with Crippen molar-refractivity contribution in [2.24, 2.45) is 0 Å². The summed E-state index contributed by atoms with van der Waals surface area (Å²) in [6.45, 7) is 2.00. The summed E-state index contributed by atoms with van der Waals surface area (Å²) in [5.74, 6) is -0.385. The van der Waals surface area contributed by atoms with Gasteiger partial charge in [-0.15, -0.1) is 0 Å². The molecule has 1 fully saturated rings. The predicted molar refractivity (Wildman–Crippen MR) is 133 cm³/mol. The number of amides is 3. The van der Waals surface area contributed by atoms with E-state index in [0.29, 0.717) is 41.4 Å². The van der Waals surface area contributed by atoms with Gasteiger partial charge in [0.2, 0.25) is 0 Å². The summed E-state index contributed by atoms with van der Waals surface area (Å²) in [7, 11) is -4.06. The second-order valence-corrected chi connectivity index (χ2v) is 11.8. The first-order chi connectivity index (χ1) is 15.4. The molecule has 2 aromatic carbocycles. The average Bonchev–Trinajstić information content (AvgIpc) is 2.88. The van der Waals surface area contributed by atoms with Crippen molar-refractivity contribution in [3.8, 4) is 0 Å². The van der Waals surface area contributed by atoms with E-state index in [-0.39, 0.29) is 18.6 Å². The Bertz CT molecular complexity index is 1070. The van der Waals surface area contributed by atoms with Crippen LogP contribution in [-0.4, -0.2) is 44.9 Å². The largest absolute Gasteiger partial charge is 0.332 e. The number of carbonyl (C=O) groups is 2. The molecule has 7 nitrogen and oxygen atoms in total. The molecule has 1 aliphatic rings. The van der Waals surface area contributed by atoms with Gasteiger partial charge in [0.05, 0.1) is 5.69 Å². The summed E-state index contributed by atoms with van der Waals surface area (Å²) in [6, 6.07) is 11.6. The Morgan fingerprint density at radius 3 is 2.18 bits per heavy atom. The number of nitrogens with zero attached hydrogens (tertiary/aromatic N) is 2. The van der Waals surface area contributed by atoms with Crippen LogP contribution in [0.1, 0.15) is 31.7 Å². The summed E-state index contributed by atoms with van der Waals surface area (Å²) < 4.78 is 12.0. The van der Waals surface area contributed by atoms with Crippen molar-refractivity contribution < 1.29 is 23.9 Å². The van der Waals surface area contributed by atoms with Crippen molar-refractivity contribution >= 4 is 64.4 Å². The first kappa shape index (κ1) is 26.2. The van der Waals surface area contributed by atoms with Gasteiger partial charge in [0, 0.05) is 33.6 Å². The van der Waals surface area contributed by atoms with Crippen molar-refractivity contribution in [3.63, 3.8) is 0 Å². The van der Waals surface area contributed by atoms with Crippen molar-refractivity contribution in [2.75, 3.05) is 17.6 Å². The quantitative estimate of drug-likeness (QED) is 0.220. The molecule has 3 rings (SSSR count). The Morgan fingerprint density at radius 2 is 1.61 bits per heavy atom. The maximum absolute atomic E-state index is 13.6. The van der Waals surface area contributed by atoms with E-state index in [2.05, 4.69) is 15.9 Å². The highest BCUT2D eigenvalue weighted by Crippen LogP contribution is 2.38. The SMILES string of the molecule is C[C@@]1(Cc2ccc(Br)cc2)C(=O)N(c2cc(Cl)cc(Cl)c2)C(=O)N1CCCCCP(=O)(O)O. The van der Waals surface area contributed by atoms with Crippen LogP contribution >= 0.6 is 46.7 Å². The zero-order chi connectivity index (χ0) is 24.4. The zero-order valence-electron chi connectivity index (χ0n) is 17.9. The molecule has 0 aliphatic carbocycles. The lowest BCUT2D eigenvalue weighted by molar-refractivity contribution is -0.124. The van der Waals surface area contributed by atoms with Gasteiger partial charge in [0.15, 0.2) is 0 Å². The molecule has 1 atom stereocenters. The number of anilines is 1. The summed E-state index contributed by atoms with van der Waals surface area (Å²) in [6.07, 6.45) is 1.44. The van der Waals surface area contributed by atoms with Gasteiger partial charge in [-0.05, 0) is 55.7 Å². The first-order valence-corrected chi connectivity index (χ1v) is 13.7. The topological polar surface area (TPSA) is 98.2 Å². The van der Waals surface area contributed by atoms with Crippen molar-refractivity contribution in [3.05, 3.63) is 62.5 Å². The molecule has 0 unspecified atom stereocenters. The van der Waals surface area contributed by atoms with Gasteiger partial charge < -0.3 is 14.7 Å². The summed E-state index contributed by atoms with van der Waals surface area (Å²) in [4.78, 5) is 47.8. The number of urea groups is 1. The van der Waals surface area contributed by atoms with Crippen molar-refractivity contribution in [1.82, 2.24) is 4.90 Å². The minimum atomic E-state index is -4.06. The van der Waals surface area contributed by atoms with Crippen LogP contribution in [0, 0.1) is 0 Å². The summed E-state index contributed by atoms with van der Waals surface area (Å²) in [5.41, 5.74) is 0.0380. The van der Waals surface area contributed by atoms with Gasteiger partial charge >= 0.3 is 13.6 Å². The number of unbranched alkanes of at least 4 members (excludes halogenated alkanes) is 2.